The average Bonchev–Trinajstić information content (AvgIpc) is 2.83. The molecule has 108 valence electrons. The van der Waals surface area contributed by atoms with Gasteiger partial charge in [-0.1, -0.05) is 6.07 Å². The van der Waals surface area contributed by atoms with Gasteiger partial charge in [-0.2, -0.15) is 0 Å². The van der Waals surface area contributed by atoms with Gasteiger partial charge in [-0.05, 0) is 29.8 Å². The minimum absolute atomic E-state index is 0.355. The van der Waals surface area contributed by atoms with E-state index in [1.54, 1.807) is 12.1 Å². The summed E-state index contributed by atoms with van der Waals surface area (Å²) >= 11 is 0. The van der Waals surface area contributed by atoms with Crippen LogP contribution in [0, 0.1) is 5.82 Å². The summed E-state index contributed by atoms with van der Waals surface area (Å²) < 4.78 is 21.1. The van der Waals surface area contributed by atoms with Crippen LogP contribution in [-0.2, 0) is 13.6 Å². The Morgan fingerprint density at radius 2 is 2.05 bits per heavy atom. The number of benzene rings is 2. The van der Waals surface area contributed by atoms with Crippen molar-refractivity contribution in [2.24, 2.45) is 12.8 Å². The van der Waals surface area contributed by atoms with Crippen LogP contribution in [0.3, 0.4) is 0 Å². The van der Waals surface area contributed by atoms with Crippen LogP contribution in [0.4, 0.5) is 4.39 Å². The molecule has 0 aliphatic heterocycles. The SMILES string of the molecule is COc1ccc(-c2nc3ccc(CN)cc3n2C)c(F)c1. The van der Waals surface area contributed by atoms with Crippen LogP contribution >= 0.6 is 0 Å². The Morgan fingerprint density at radius 3 is 2.71 bits per heavy atom. The molecule has 0 radical (unpaired) electrons. The van der Waals surface area contributed by atoms with E-state index in [1.165, 1.54) is 13.2 Å². The van der Waals surface area contributed by atoms with Crippen molar-refractivity contribution in [1.29, 1.82) is 0 Å². The Balaban J connectivity index is 2.18. The molecule has 3 rings (SSSR count). The molecule has 0 fully saturated rings. The maximum Gasteiger partial charge on any atom is 0.143 e. The fraction of sp³-hybridized carbons (Fsp3) is 0.188. The van der Waals surface area contributed by atoms with Gasteiger partial charge in [0.25, 0.3) is 0 Å². The summed E-state index contributed by atoms with van der Waals surface area (Å²) in [6.45, 7) is 0.466. The zero-order valence-corrected chi connectivity index (χ0v) is 11.9. The minimum Gasteiger partial charge on any atom is -0.497 e. The van der Waals surface area contributed by atoms with Crippen molar-refractivity contribution in [1.82, 2.24) is 9.55 Å². The maximum atomic E-state index is 14.2. The molecule has 0 bridgehead atoms. The number of ether oxygens (including phenoxy) is 1. The molecule has 5 heteroatoms. The third-order valence-electron chi connectivity index (χ3n) is 3.60. The average molecular weight is 285 g/mol. The van der Waals surface area contributed by atoms with E-state index in [4.69, 9.17) is 10.5 Å². The molecule has 4 nitrogen and oxygen atoms in total. The lowest BCUT2D eigenvalue weighted by atomic mass is 10.2. The molecule has 0 saturated heterocycles. The second kappa shape index (κ2) is 5.18. The fourth-order valence-electron chi connectivity index (χ4n) is 2.41. The molecular formula is C16H16FN3O. The Kier molecular flexibility index (Phi) is 3.35. The number of fused-ring (bicyclic) bond motifs is 1. The molecular weight excluding hydrogens is 269 g/mol. The third-order valence-corrected chi connectivity index (χ3v) is 3.60. The number of halogens is 1. The third kappa shape index (κ3) is 2.25. The Labute approximate surface area is 122 Å². The first-order valence-electron chi connectivity index (χ1n) is 6.63. The van der Waals surface area contributed by atoms with Crippen LogP contribution in [0.25, 0.3) is 22.4 Å². The largest absolute Gasteiger partial charge is 0.497 e. The predicted molar refractivity (Wildman–Crippen MR) is 80.6 cm³/mol. The van der Waals surface area contributed by atoms with Gasteiger partial charge in [0.05, 0.1) is 23.7 Å². The number of nitrogens with two attached hydrogens (primary N) is 1. The highest BCUT2D eigenvalue weighted by Gasteiger charge is 2.14. The van der Waals surface area contributed by atoms with Crippen molar-refractivity contribution in [3.8, 4) is 17.1 Å². The number of hydrogen-bond donors (Lipinski definition) is 1. The van der Waals surface area contributed by atoms with E-state index in [9.17, 15) is 4.39 Å². The number of rotatable bonds is 3. The lowest BCUT2D eigenvalue weighted by molar-refractivity contribution is 0.411. The van der Waals surface area contributed by atoms with Gasteiger partial charge in [0.2, 0.25) is 0 Å². The molecule has 21 heavy (non-hydrogen) atoms. The number of aryl methyl sites for hydroxylation is 1. The molecule has 0 spiro atoms. The van der Waals surface area contributed by atoms with Gasteiger partial charge in [-0.3, -0.25) is 0 Å². The van der Waals surface area contributed by atoms with Crippen LogP contribution in [0.5, 0.6) is 5.75 Å². The topological polar surface area (TPSA) is 53.1 Å². The van der Waals surface area contributed by atoms with Crippen LogP contribution in [0.2, 0.25) is 0 Å². The van der Waals surface area contributed by atoms with Gasteiger partial charge in [0, 0.05) is 19.7 Å². The first-order chi connectivity index (χ1) is 10.1. The van der Waals surface area contributed by atoms with Crippen LogP contribution in [0.1, 0.15) is 5.56 Å². The monoisotopic (exact) mass is 285 g/mol. The van der Waals surface area contributed by atoms with Crippen molar-refractivity contribution < 1.29 is 9.13 Å². The van der Waals surface area contributed by atoms with E-state index in [1.807, 2.05) is 29.8 Å². The van der Waals surface area contributed by atoms with Gasteiger partial charge >= 0.3 is 0 Å². The molecule has 0 amide bonds. The first-order valence-corrected chi connectivity index (χ1v) is 6.63. The van der Waals surface area contributed by atoms with Crippen molar-refractivity contribution in [2.75, 3.05) is 7.11 Å². The summed E-state index contributed by atoms with van der Waals surface area (Å²) in [5.74, 6) is 0.714. The van der Waals surface area contributed by atoms with Crippen LogP contribution in [-0.4, -0.2) is 16.7 Å². The van der Waals surface area contributed by atoms with Crippen molar-refractivity contribution in [3.05, 3.63) is 47.8 Å². The molecule has 2 N–H and O–H groups in total. The van der Waals surface area contributed by atoms with E-state index in [0.29, 0.717) is 23.7 Å². The van der Waals surface area contributed by atoms with E-state index in [0.717, 1.165) is 16.6 Å². The second-order valence-electron chi connectivity index (χ2n) is 4.87. The highest BCUT2D eigenvalue weighted by molar-refractivity contribution is 5.81. The molecule has 2 aromatic carbocycles. The molecule has 3 aromatic rings. The lowest BCUT2D eigenvalue weighted by Crippen LogP contribution is -1.98. The van der Waals surface area contributed by atoms with E-state index < -0.39 is 0 Å². The number of nitrogens with zero attached hydrogens (tertiary/aromatic N) is 2. The zero-order chi connectivity index (χ0) is 15.0. The number of methoxy groups -OCH3 is 1. The van der Waals surface area contributed by atoms with Crippen LogP contribution < -0.4 is 10.5 Å². The van der Waals surface area contributed by atoms with Gasteiger partial charge in [0.1, 0.15) is 17.4 Å². The van der Waals surface area contributed by atoms with Gasteiger partial charge in [-0.25, -0.2) is 9.37 Å². The minimum atomic E-state index is -0.355. The summed E-state index contributed by atoms with van der Waals surface area (Å²) in [6.07, 6.45) is 0. The first kappa shape index (κ1) is 13.6. The summed E-state index contributed by atoms with van der Waals surface area (Å²) in [4.78, 5) is 4.52. The molecule has 0 aliphatic rings. The summed E-state index contributed by atoms with van der Waals surface area (Å²) in [6, 6.07) is 10.6. The van der Waals surface area contributed by atoms with Gasteiger partial charge in [-0.15, -0.1) is 0 Å². The normalized spacial score (nSPS) is 11.0. The highest BCUT2D eigenvalue weighted by atomic mass is 19.1. The van der Waals surface area contributed by atoms with Gasteiger partial charge in [0.15, 0.2) is 0 Å². The molecule has 1 aromatic heterocycles. The van der Waals surface area contributed by atoms with E-state index in [2.05, 4.69) is 4.98 Å². The Hall–Kier alpha value is -2.40. The summed E-state index contributed by atoms with van der Waals surface area (Å²) in [5.41, 5.74) is 8.88. The molecule has 1 heterocycles. The second-order valence-corrected chi connectivity index (χ2v) is 4.87. The molecule has 0 atom stereocenters. The van der Waals surface area contributed by atoms with E-state index >= 15 is 0 Å². The Bertz CT molecular complexity index is 811. The number of imidazole rings is 1. The summed E-state index contributed by atoms with van der Waals surface area (Å²) in [7, 11) is 3.38. The van der Waals surface area contributed by atoms with E-state index in [-0.39, 0.29) is 5.82 Å². The number of aromatic nitrogens is 2. The van der Waals surface area contributed by atoms with Crippen molar-refractivity contribution in [3.63, 3.8) is 0 Å². The zero-order valence-electron chi connectivity index (χ0n) is 11.9. The lowest BCUT2D eigenvalue weighted by Gasteiger charge is -2.06. The standard InChI is InChI=1S/C16H16FN3O/c1-20-15-7-10(9-18)3-6-14(15)19-16(20)12-5-4-11(21-2)8-13(12)17/h3-8H,9,18H2,1-2H3. The maximum absolute atomic E-state index is 14.2. The van der Waals surface area contributed by atoms with Crippen molar-refractivity contribution in [2.45, 2.75) is 6.54 Å². The van der Waals surface area contributed by atoms with Gasteiger partial charge < -0.3 is 15.0 Å². The molecule has 0 saturated carbocycles. The van der Waals surface area contributed by atoms with Crippen LogP contribution in [0.15, 0.2) is 36.4 Å². The predicted octanol–water partition coefficient (Wildman–Crippen LogP) is 2.85. The Morgan fingerprint density at radius 1 is 1.24 bits per heavy atom. The fourth-order valence-corrected chi connectivity index (χ4v) is 2.41. The highest BCUT2D eigenvalue weighted by Crippen LogP contribution is 2.28. The quantitative estimate of drug-likeness (QED) is 0.805. The number of hydrogen-bond acceptors (Lipinski definition) is 3. The smallest absolute Gasteiger partial charge is 0.143 e. The van der Waals surface area contributed by atoms with Crippen molar-refractivity contribution >= 4 is 11.0 Å². The molecule has 0 unspecified atom stereocenters. The summed E-state index contributed by atoms with van der Waals surface area (Å²) in [5, 5.41) is 0. The molecule has 0 aliphatic carbocycles.